The van der Waals surface area contributed by atoms with E-state index in [1.165, 1.54) is 11.2 Å². The largest absolute Gasteiger partial charge is 0.465 e. The molecule has 1 aliphatic rings. The second kappa shape index (κ2) is 4.55. The molecule has 3 rings (SSSR count). The highest BCUT2D eigenvalue weighted by Gasteiger charge is 2.18. The van der Waals surface area contributed by atoms with Crippen molar-refractivity contribution in [1.29, 1.82) is 0 Å². The lowest BCUT2D eigenvalue weighted by Crippen LogP contribution is -2.33. The first-order valence-electron chi connectivity index (χ1n) is 5.81. The molecule has 2 aromatic heterocycles. The summed E-state index contributed by atoms with van der Waals surface area (Å²) in [5.74, 6) is 0. The minimum atomic E-state index is -0.888. The lowest BCUT2D eigenvalue weighted by Gasteiger charge is -2.23. The van der Waals surface area contributed by atoms with Crippen molar-refractivity contribution in [2.75, 3.05) is 13.1 Å². The van der Waals surface area contributed by atoms with Crippen LogP contribution in [0.25, 0.3) is 16.6 Å². The Morgan fingerprint density at radius 2 is 2.32 bits per heavy atom. The van der Waals surface area contributed by atoms with Gasteiger partial charge in [0.25, 0.3) is 0 Å². The third-order valence-electron chi connectivity index (χ3n) is 3.20. The van der Waals surface area contributed by atoms with Gasteiger partial charge in [-0.05, 0) is 18.1 Å². The Kier molecular flexibility index (Phi) is 2.87. The van der Waals surface area contributed by atoms with Gasteiger partial charge in [-0.1, -0.05) is 17.7 Å². The van der Waals surface area contributed by atoms with Crippen LogP contribution >= 0.6 is 11.6 Å². The zero-order chi connectivity index (χ0) is 13.4. The predicted octanol–water partition coefficient (Wildman–Crippen LogP) is 2.38. The molecular formula is C12H11ClN4O2. The topological polar surface area (TPSA) is 82.1 Å². The van der Waals surface area contributed by atoms with Crippen LogP contribution in [0.3, 0.4) is 0 Å². The molecule has 7 heteroatoms. The van der Waals surface area contributed by atoms with Gasteiger partial charge in [-0.25, -0.2) is 14.8 Å². The van der Waals surface area contributed by atoms with Crippen LogP contribution in [0.1, 0.15) is 12.1 Å². The van der Waals surface area contributed by atoms with Crippen LogP contribution in [-0.2, 0) is 0 Å². The molecule has 19 heavy (non-hydrogen) atoms. The number of hydrogen-bond donors (Lipinski definition) is 2. The summed E-state index contributed by atoms with van der Waals surface area (Å²) in [6, 6.07) is 1.91. The molecule has 98 valence electrons. The summed E-state index contributed by atoms with van der Waals surface area (Å²) in [6.45, 7) is 0.898. The third kappa shape index (κ3) is 2.15. The normalized spacial score (nSPS) is 15.6. The van der Waals surface area contributed by atoms with Crippen molar-refractivity contribution in [2.24, 2.45) is 0 Å². The molecule has 2 N–H and O–H groups in total. The van der Waals surface area contributed by atoms with Gasteiger partial charge in [-0.3, -0.25) is 0 Å². The van der Waals surface area contributed by atoms with Gasteiger partial charge in [0.2, 0.25) is 0 Å². The van der Waals surface area contributed by atoms with Crippen LogP contribution in [0, 0.1) is 0 Å². The monoisotopic (exact) mass is 278 g/mol. The Morgan fingerprint density at radius 1 is 1.47 bits per heavy atom. The number of aromatic amines is 1. The van der Waals surface area contributed by atoms with Crippen molar-refractivity contribution < 1.29 is 9.90 Å². The standard InChI is InChI=1S/C12H11ClN4O2/c13-11-10-9(14-6-15-11)5-8(16-10)7-1-3-17(4-2-7)12(18)19/h1,5-6,16H,2-4H2,(H,18,19). The van der Waals surface area contributed by atoms with E-state index in [1.807, 2.05) is 12.1 Å². The van der Waals surface area contributed by atoms with Gasteiger partial charge in [0.05, 0.1) is 5.52 Å². The molecule has 1 aliphatic heterocycles. The highest BCUT2D eigenvalue weighted by Crippen LogP contribution is 2.26. The van der Waals surface area contributed by atoms with E-state index < -0.39 is 6.09 Å². The zero-order valence-electron chi connectivity index (χ0n) is 9.93. The molecule has 0 fully saturated rings. The molecule has 2 aromatic rings. The smallest absolute Gasteiger partial charge is 0.407 e. The maximum Gasteiger partial charge on any atom is 0.407 e. The predicted molar refractivity (Wildman–Crippen MR) is 71.1 cm³/mol. The van der Waals surface area contributed by atoms with E-state index in [2.05, 4.69) is 15.0 Å². The molecule has 0 aliphatic carbocycles. The SMILES string of the molecule is O=C(O)N1CC=C(c2cc3ncnc(Cl)c3[nH]2)CC1. The summed E-state index contributed by atoms with van der Waals surface area (Å²) in [6.07, 6.45) is 3.11. The summed E-state index contributed by atoms with van der Waals surface area (Å²) in [4.78, 5) is 23.5. The molecule has 0 atom stereocenters. The quantitative estimate of drug-likeness (QED) is 0.785. The second-order valence-electron chi connectivity index (χ2n) is 4.32. The van der Waals surface area contributed by atoms with Gasteiger partial charge in [0.15, 0.2) is 5.15 Å². The van der Waals surface area contributed by atoms with Crippen LogP contribution in [0.4, 0.5) is 4.79 Å². The van der Waals surface area contributed by atoms with Crippen molar-refractivity contribution in [3.05, 3.63) is 29.3 Å². The molecular weight excluding hydrogens is 268 g/mol. The zero-order valence-corrected chi connectivity index (χ0v) is 10.7. The Morgan fingerprint density at radius 3 is 2.95 bits per heavy atom. The maximum absolute atomic E-state index is 10.8. The van der Waals surface area contributed by atoms with E-state index in [9.17, 15) is 4.79 Å². The molecule has 6 nitrogen and oxygen atoms in total. The molecule has 0 saturated heterocycles. The van der Waals surface area contributed by atoms with Crippen molar-refractivity contribution in [3.63, 3.8) is 0 Å². The van der Waals surface area contributed by atoms with Crippen molar-refractivity contribution in [2.45, 2.75) is 6.42 Å². The number of nitrogens with one attached hydrogen (secondary N) is 1. The van der Waals surface area contributed by atoms with Crippen molar-refractivity contribution >= 4 is 34.3 Å². The molecule has 1 amide bonds. The minimum absolute atomic E-state index is 0.389. The van der Waals surface area contributed by atoms with Gasteiger partial charge >= 0.3 is 6.09 Å². The first-order valence-corrected chi connectivity index (χ1v) is 6.19. The van der Waals surface area contributed by atoms with E-state index >= 15 is 0 Å². The van der Waals surface area contributed by atoms with E-state index in [-0.39, 0.29) is 0 Å². The van der Waals surface area contributed by atoms with E-state index in [4.69, 9.17) is 16.7 Å². The van der Waals surface area contributed by atoms with Gasteiger partial charge < -0.3 is 15.0 Å². The molecule has 0 radical (unpaired) electrons. The van der Waals surface area contributed by atoms with E-state index in [1.54, 1.807) is 0 Å². The summed E-state index contributed by atoms with van der Waals surface area (Å²) >= 11 is 5.99. The van der Waals surface area contributed by atoms with Crippen LogP contribution in [0.5, 0.6) is 0 Å². The fourth-order valence-electron chi connectivity index (χ4n) is 2.17. The van der Waals surface area contributed by atoms with Crippen molar-refractivity contribution in [1.82, 2.24) is 19.9 Å². The van der Waals surface area contributed by atoms with Crippen LogP contribution in [0.2, 0.25) is 5.15 Å². The summed E-state index contributed by atoms with van der Waals surface area (Å²) in [5.41, 5.74) is 3.46. The molecule has 0 spiro atoms. The second-order valence-corrected chi connectivity index (χ2v) is 4.67. The number of hydrogen-bond acceptors (Lipinski definition) is 3. The average molecular weight is 279 g/mol. The molecule has 0 bridgehead atoms. The van der Waals surface area contributed by atoms with E-state index in [0.29, 0.717) is 30.2 Å². The number of fused-ring (bicyclic) bond motifs is 1. The number of carbonyl (C=O) groups is 1. The number of aromatic nitrogens is 3. The lowest BCUT2D eigenvalue weighted by atomic mass is 10.1. The molecule has 3 heterocycles. The molecule has 0 aromatic carbocycles. The maximum atomic E-state index is 10.8. The average Bonchev–Trinajstić information content (AvgIpc) is 2.84. The first-order chi connectivity index (χ1) is 9.15. The summed E-state index contributed by atoms with van der Waals surface area (Å²) in [7, 11) is 0. The fourth-order valence-corrected chi connectivity index (χ4v) is 2.36. The number of carboxylic acid groups (broad SMARTS) is 1. The number of nitrogens with zero attached hydrogens (tertiary/aromatic N) is 3. The highest BCUT2D eigenvalue weighted by atomic mass is 35.5. The number of halogens is 1. The molecule has 0 unspecified atom stereocenters. The van der Waals surface area contributed by atoms with Crippen LogP contribution in [0.15, 0.2) is 18.5 Å². The van der Waals surface area contributed by atoms with E-state index in [0.717, 1.165) is 16.8 Å². The number of H-pyrrole nitrogens is 1. The van der Waals surface area contributed by atoms with Crippen LogP contribution < -0.4 is 0 Å². The van der Waals surface area contributed by atoms with Gasteiger partial charge in [-0.2, -0.15) is 0 Å². The number of amides is 1. The lowest BCUT2D eigenvalue weighted by molar-refractivity contribution is 0.150. The first kappa shape index (κ1) is 12.0. The summed E-state index contributed by atoms with van der Waals surface area (Å²) in [5, 5.41) is 9.29. The van der Waals surface area contributed by atoms with Crippen LogP contribution in [-0.4, -0.2) is 44.1 Å². The highest BCUT2D eigenvalue weighted by molar-refractivity contribution is 6.33. The Bertz CT molecular complexity index is 679. The summed E-state index contributed by atoms with van der Waals surface area (Å²) < 4.78 is 0. The van der Waals surface area contributed by atoms with Gasteiger partial charge in [0, 0.05) is 18.8 Å². The fraction of sp³-hybridized carbons (Fsp3) is 0.250. The van der Waals surface area contributed by atoms with Gasteiger partial charge in [-0.15, -0.1) is 0 Å². The Balaban J connectivity index is 1.93. The Hall–Kier alpha value is -2.08. The minimum Gasteiger partial charge on any atom is -0.465 e. The number of rotatable bonds is 1. The Labute approximate surface area is 113 Å². The van der Waals surface area contributed by atoms with Crippen molar-refractivity contribution in [3.8, 4) is 0 Å². The van der Waals surface area contributed by atoms with Gasteiger partial charge in [0.1, 0.15) is 11.8 Å². The molecule has 0 saturated carbocycles. The third-order valence-corrected chi connectivity index (χ3v) is 3.48.